The molecule has 0 heterocycles. The van der Waals surface area contributed by atoms with Crippen LogP contribution in [0.25, 0.3) is 0 Å². The molecule has 1 rings (SSSR count). The van der Waals surface area contributed by atoms with Gasteiger partial charge in [0.1, 0.15) is 0 Å². The predicted octanol–water partition coefficient (Wildman–Crippen LogP) is -0.459. The van der Waals surface area contributed by atoms with Crippen molar-refractivity contribution in [1.29, 1.82) is 0 Å². The van der Waals surface area contributed by atoms with Crippen LogP contribution in [0.2, 0.25) is 0 Å². The fraction of sp³-hybridized carbons (Fsp3) is 1.00. The van der Waals surface area contributed by atoms with Crippen molar-refractivity contribution < 1.29 is 10.2 Å². The van der Waals surface area contributed by atoms with E-state index in [4.69, 9.17) is 10.8 Å². The van der Waals surface area contributed by atoms with Gasteiger partial charge in [-0.15, -0.1) is 0 Å². The van der Waals surface area contributed by atoms with Crippen molar-refractivity contribution in [3.05, 3.63) is 0 Å². The van der Waals surface area contributed by atoms with E-state index in [1.807, 2.05) is 7.05 Å². The van der Waals surface area contributed by atoms with Crippen LogP contribution >= 0.6 is 0 Å². The van der Waals surface area contributed by atoms with Crippen LogP contribution < -0.4 is 5.73 Å². The van der Waals surface area contributed by atoms with Crippen LogP contribution in [-0.4, -0.2) is 53.5 Å². The van der Waals surface area contributed by atoms with E-state index in [0.717, 1.165) is 12.8 Å². The molecule has 4 heteroatoms. The summed E-state index contributed by atoms with van der Waals surface area (Å²) >= 11 is 0. The van der Waals surface area contributed by atoms with E-state index in [9.17, 15) is 5.11 Å². The first-order valence-electron chi connectivity index (χ1n) is 5.40. The lowest BCUT2D eigenvalue weighted by Gasteiger charge is -2.36. The smallest absolute Gasteiger partial charge is 0.0897 e. The molecule has 3 atom stereocenters. The molecule has 1 aliphatic carbocycles. The summed E-state index contributed by atoms with van der Waals surface area (Å²) in [5.41, 5.74) is 6.01. The van der Waals surface area contributed by atoms with Crippen molar-refractivity contribution >= 4 is 0 Å². The number of likely N-dealkylation sites (N-methyl/N-ethyl adjacent to an activating group) is 1. The fourth-order valence-electron chi connectivity index (χ4n) is 2.21. The summed E-state index contributed by atoms with van der Waals surface area (Å²) in [6, 6.07) is 0.588. The van der Waals surface area contributed by atoms with Gasteiger partial charge in [-0.05, 0) is 19.9 Å². The number of aliphatic hydroxyl groups excluding tert-OH is 2. The van der Waals surface area contributed by atoms with Gasteiger partial charge in [0.25, 0.3) is 0 Å². The van der Waals surface area contributed by atoms with Gasteiger partial charge in [0.2, 0.25) is 0 Å². The largest absolute Gasteiger partial charge is 0.394 e. The Bertz CT molecular complexity index is 166. The zero-order chi connectivity index (χ0) is 10.6. The summed E-state index contributed by atoms with van der Waals surface area (Å²) in [6.45, 7) is 0.334. The second-order valence-electron chi connectivity index (χ2n) is 4.29. The Kier molecular flexibility index (Phi) is 4.81. The lowest BCUT2D eigenvalue weighted by molar-refractivity contribution is 0.0445. The Morgan fingerprint density at radius 1 is 1.43 bits per heavy atom. The number of aliphatic hydroxyl groups is 2. The summed E-state index contributed by atoms with van der Waals surface area (Å²) in [5.74, 6) is 0. The molecular weight excluding hydrogens is 180 g/mol. The number of hydrogen-bond donors (Lipinski definition) is 3. The van der Waals surface area contributed by atoms with E-state index in [1.54, 1.807) is 0 Å². The maximum Gasteiger partial charge on any atom is 0.0897 e. The third-order valence-corrected chi connectivity index (χ3v) is 3.06. The molecule has 1 aliphatic rings. The van der Waals surface area contributed by atoms with E-state index in [-0.39, 0.29) is 12.6 Å². The molecule has 0 aliphatic heterocycles. The molecule has 0 bridgehead atoms. The zero-order valence-corrected chi connectivity index (χ0v) is 8.89. The molecule has 0 aromatic rings. The minimum atomic E-state index is -0.644. The summed E-state index contributed by atoms with van der Waals surface area (Å²) in [6.07, 6.45) is 3.97. The highest BCUT2D eigenvalue weighted by molar-refractivity contribution is 4.85. The van der Waals surface area contributed by atoms with Gasteiger partial charge >= 0.3 is 0 Å². The molecule has 4 nitrogen and oxygen atoms in total. The maximum atomic E-state index is 9.31. The average Bonchev–Trinajstić information content (AvgIpc) is 2.18. The van der Waals surface area contributed by atoms with Gasteiger partial charge in [0, 0.05) is 18.6 Å². The van der Waals surface area contributed by atoms with E-state index in [1.165, 1.54) is 12.8 Å². The van der Waals surface area contributed by atoms with Gasteiger partial charge in [-0.3, -0.25) is 4.90 Å². The first-order valence-corrected chi connectivity index (χ1v) is 5.40. The molecule has 0 saturated heterocycles. The van der Waals surface area contributed by atoms with Gasteiger partial charge in [-0.25, -0.2) is 0 Å². The summed E-state index contributed by atoms with van der Waals surface area (Å²) in [5, 5.41) is 18.1. The van der Waals surface area contributed by atoms with Gasteiger partial charge in [-0.1, -0.05) is 12.8 Å². The van der Waals surface area contributed by atoms with E-state index < -0.39 is 6.10 Å². The summed E-state index contributed by atoms with van der Waals surface area (Å²) in [4.78, 5) is 2.07. The maximum absolute atomic E-state index is 9.31. The quantitative estimate of drug-likeness (QED) is 0.577. The molecule has 1 saturated carbocycles. The first-order chi connectivity index (χ1) is 6.65. The highest BCUT2D eigenvalue weighted by Gasteiger charge is 2.26. The number of rotatable bonds is 4. The van der Waals surface area contributed by atoms with Gasteiger partial charge in [-0.2, -0.15) is 0 Å². The number of nitrogens with two attached hydrogens (primary N) is 1. The van der Waals surface area contributed by atoms with Crippen LogP contribution in [0.3, 0.4) is 0 Å². The van der Waals surface area contributed by atoms with Crippen molar-refractivity contribution in [1.82, 2.24) is 4.90 Å². The Morgan fingerprint density at radius 2 is 2.07 bits per heavy atom. The molecule has 0 aromatic carbocycles. The zero-order valence-electron chi connectivity index (χ0n) is 8.89. The second kappa shape index (κ2) is 5.66. The van der Waals surface area contributed by atoms with Gasteiger partial charge in [0.05, 0.1) is 12.7 Å². The minimum absolute atomic E-state index is 0.174. The van der Waals surface area contributed by atoms with E-state index in [2.05, 4.69) is 4.90 Å². The van der Waals surface area contributed by atoms with Crippen molar-refractivity contribution in [3.63, 3.8) is 0 Å². The molecule has 1 fully saturated rings. The van der Waals surface area contributed by atoms with Crippen LogP contribution in [0, 0.1) is 0 Å². The monoisotopic (exact) mass is 202 g/mol. The molecule has 4 N–H and O–H groups in total. The number of nitrogens with zero attached hydrogens (tertiary/aromatic N) is 1. The second-order valence-corrected chi connectivity index (χ2v) is 4.29. The third kappa shape index (κ3) is 3.20. The summed E-state index contributed by atoms with van der Waals surface area (Å²) < 4.78 is 0. The molecule has 0 spiro atoms. The molecule has 14 heavy (non-hydrogen) atoms. The van der Waals surface area contributed by atoms with E-state index >= 15 is 0 Å². The van der Waals surface area contributed by atoms with Gasteiger partial charge in [0.15, 0.2) is 0 Å². The Hall–Kier alpha value is -0.160. The first kappa shape index (κ1) is 11.9. The lowest BCUT2D eigenvalue weighted by atomic mass is 9.90. The third-order valence-electron chi connectivity index (χ3n) is 3.06. The highest BCUT2D eigenvalue weighted by atomic mass is 16.3. The van der Waals surface area contributed by atoms with Crippen molar-refractivity contribution in [2.24, 2.45) is 5.73 Å². The average molecular weight is 202 g/mol. The molecule has 0 amide bonds. The van der Waals surface area contributed by atoms with Crippen molar-refractivity contribution in [2.45, 2.75) is 43.9 Å². The van der Waals surface area contributed by atoms with Gasteiger partial charge < -0.3 is 15.9 Å². The fourth-order valence-corrected chi connectivity index (χ4v) is 2.21. The normalized spacial score (nSPS) is 30.6. The minimum Gasteiger partial charge on any atom is -0.394 e. The topological polar surface area (TPSA) is 69.7 Å². The molecular formula is C10H22N2O2. The number of hydrogen-bond acceptors (Lipinski definition) is 4. The highest BCUT2D eigenvalue weighted by Crippen LogP contribution is 2.20. The standard InChI is InChI=1S/C10H22N2O2/c1-12(6-8(14)7-13)10-5-3-2-4-9(10)11/h8-10,13-14H,2-7,11H2,1H3. The molecule has 0 aromatic heterocycles. The predicted molar refractivity (Wildman–Crippen MR) is 56.0 cm³/mol. The van der Waals surface area contributed by atoms with Crippen LogP contribution in [-0.2, 0) is 0 Å². The van der Waals surface area contributed by atoms with Crippen molar-refractivity contribution in [3.8, 4) is 0 Å². The SMILES string of the molecule is CN(CC(O)CO)C1CCCCC1N. The lowest BCUT2D eigenvalue weighted by Crippen LogP contribution is -2.50. The Labute approximate surface area is 85.7 Å². The molecule has 0 radical (unpaired) electrons. The summed E-state index contributed by atoms with van der Waals surface area (Å²) in [7, 11) is 1.97. The van der Waals surface area contributed by atoms with E-state index in [0.29, 0.717) is 12.6 Å². The Balaban J connectivity index is 2.37. The van der Waals surface area contributed by atoms with Crippen LogP contribution in [0.5, 0.6) is 0 Å². The van der Waals surface area contributed by atoms with Crippen LogP contribution in [0.4, 0.5) is 0 Å². The Morgan fingerprint density at radius 3 is 2.64 bits per heavy atom. The molecule has 84 valence electrons. The van der Waals surface area contributed by atoms with Crippen molar-refractivity contribution in [2.75, 3.05) is 20.2 Å². The van der Waals surface area contributed by atoms with Crippen LogP contribution in [0.15, 0.2) is 0 Å². The van der Waals surface area contributed by atoms with Crippen LogP contribution in [0.1, 0.15) is 25.7 Å². The molecule has 3 unspecified atom stereocenters.